The van der Waals surface area contributed by atoms with Crippen LogP contribution in [0.4, 0.5) is 39.5 Å². The number of halogens is 9. The van der Waals surface area contributed by atoms with Gasteiger partial charge in [0.1, 0.15) is 0 Å². The van der Waals surface area contributed by atoms with Crippen LogP contribution in [0.5, 0.6) is 0 Å². The van der Waals surface area contributed by atoms with E-state index < -0.39 is 34.8 Å². The molecular weight excluding hydrogens is 1400 g/mol. The van der Waals surface area contributed by atoms with Gasteiger partial charge in [-0.25, -0.2) is 15.0 Å². The highest BCUT2D eigenvalue weighted by Gasteiger charge is 2.49. The molecule has 96 heavy (non-hydrogen) atoms. The SMILES string of the molecule is Cc1ccc(C)s1.Cc1ccc(C)s1.Cc1ccc(CC(C)(C)C(F)(F)F)s1.Cc1ccc(CC(C)(C)C(F)(F)F)s1.Cc1ccc(CC(C)(C)C)s1.Cc1ccc(CC(C)(C)C)s1.Cc1cnc(C)s1.Cc1ncc(CC(C)(C)C(F)(F)F)s1.Cc1ncc(CC(C)(C)C)s1. The standard InChI is InChI=1S/2C10H13F3S.2C10H16S.C9H12F3NS.C9H15NS.2C6H8S.C5H7NS/c2*1-7-4-5-8(14-7)6-9(2,3)10(11,12)13;2*1-8-5-6-9(11-8)7-10(2,3)4;1-6-13-5-7(14-6)4-8(2,3)9(10,11)12;1-7-10-6-8(11-7)5-9(2,3)4;2*1-5-3-4-6(2)7-5;1-4-3-6-5(2)7-4/h2*4-5H,6H2,1-3H3;2*5-6H,7H2,1-4H3;5H,4H2,1-3H3;6H,5H2,1-4H3;2*3-4H,1-2H3;3H,1-2H3. The molecule has 0 bridgehead atoms. The van der Waals surface area contributed by atoms with Gasteiger partial charge in [-0.1, -0.05) is 104 Å². The summed E-state index contributed by atoms with van der Waals surface area (Å²) >= 11 is 15.2. The Hall–Kier alpha value is -3.54. The van der Waals surface area contributed by atoms with Crippen molar-refractivity contribution in [3.8, 4) is 0 Å². The normalized spacial score (nSPS) is 12.0. The lowest BCUT2D eigenvalue weighted by Crippen LogP contribution is -2.33. The first kappa shape index (κ1) is 90.5. The molecular formula is C75H108F9N3S9. The highest BCUT2D eigenvalue weighted by atomic mass is 32.1. The Kier molecular flexibility index (Phi) is 37.3. The van der Waals surface area contributed by atoms with Crippen LogP contribution >= 0.6 is 102 Å². The van der Waals surface area contributed by atoms with E-state index in [0.29, 0.717) is 21.1 Å². The molecule has 0 fully saturated rings. The zero-order valence-corrected chi connectivity index (χ0v) is 69.2. The number of hydrogen-bond donors (Lipinski definition) is 0. The van der Waals surface area contributed by atoms with Gasteiger partial charge in [-0.2, -0.15) is 39.5 Å². The number of thiophene rings is 6. The van der Waals surface area contributed by atoms with E-state index in [1.165, 1.54) is 148 Å². The summed E-state index contributed by atoms with van der Waals surface area (Å²) in [6.45, 7) is 52.3. The van der Waals surface area contributed by atoms with Crippen molar-refractivity contribution in [3.05, 3.63) is 180 Å². The van der Waals surface area contributed by atoms with Gasteiger partial charge in [-0.15, -0.1) is 102 Å². The first-order valence-electron chi connectivity index (χ1n) is 31.6. The van der Waals surface area contributed by atoms with Crippen molar-refractivity contribution in [2.45, 2.75) is 244 Å². The van der Waals surface area contributed by atoms with Gasteiger partial charge in [0.05, 0.1) is 31.3 Å². The average molecular weight is 1510 g/mol. The van der Waals surface area contributed by atoms with Gasteiger partial charge in [0.15, 0.2) is 0 Å². The summed E-state index contributed by atoms with van der Waals surface area (Å²) in [6.07, 6.45) is -3.36. The molecule has 0 unspecified atom stereocenters. The van der Waals surface area contributed by atoms with Gasteiger partial charge in [0, 0.05) is 91.7 Å². The fraction of sp³-hybridized carbons (Fsp3) is 0.560. The van der Waals surface area contributed by atoms with Gasteiger partial charge < -0.3 is 0 Å². The number of aromatic nitrogens is 3. The Balaban J connectivity index is 0.000000545. The summed E-state index contributed by atoms with van der Waals surface area (Å²) in [7, 11) is 0. The monoisotopic (exact) mass is 1510 g/mol. The Bertz CT molecular complexity index is 3140. The quantitative estimate of drug-likeness (QED) is 0.135. The fourth-order valence-corrected chi connectivity index (χ4v) is 17.0. The fourth-order valence-electron chi connectivity index (χ4n) is 8.05. The lowest BCUT2D eigenvalue weighted by atomic mass is 9.88. The maximum Gasteiger partial charge on any atom is 0.394 e. The Morgan fingerprint density at radius 2 is 0.427 bits per heavy atom. The summed E-state index contributed by atoms with van der Waals surface area (Å²) in [5.41, 5.74) is -3.70. The molecule has 0 saturated carbocycles. The molecule has 9 rings (SSSR count). The van der Waals surface area contributed by atoms with Gasteiger partial charge in [-0.3, -0.25) is 0 Å². The second-order valence-corrected chi connectivity index (χ2v) is 42.0. The maximum absolute atomic E-state index is 12.5. The van der Waals surface area contributed by atoms with Crippen LogP contribution in [-0.4, -0.2) is 33.5 Å². The first-order chi connectivity index (χ1) is 43.4. The third kappa shape index (κ3) is 40.0. The summed E-state index contributed by atoms with van der Waals surface area (Å²) in [4.78, 5) is 30.7. The number of nitrogens with zero attached hydrogens (tertiary/aromatic N) is 3. The second kappa shape index (κ2) is 39.6. The summed E-state index contributed by atoms with van der Waals surface area (Å²) in [5, 5.41) is 3.12. The molecule has 0 radical (unpaired) electrons. The smallest absolute Gasteiger partial charge is 0.250 e. The van der Waals surface area contributed by atoms with Crippen LogP contribution in [0.3, 0.4) is 0 Å². The molecule has 540 valence electrons. The molecule has 0 aliphatic rings. The molecule has 0 aliphatic carbocycles. The maximum atomic E-state index is 12.5. The topological polar surface area (TPSA) is 38.7 Å². The molecule has 0 N–H and O–H groups in total. The highest BCUT2D eigenvalue weighted by molar-refractivity contribution is 7.14. The van der Waals surface area contributed by atoms with Crippen LogP contribution < -0.4 is 0 Å². The molecule has 0 amide bonds. The van der Waals surface area contributed by atoms with E-state index in [0.717, 1.165) is 35.9 Å². The highest BCUT2D eigenvalue weighted by Crippen LogP contribution is 2.43. The molecule has 9 aromatic rings. The zero-order valence-electron chi connectivity index (χ0n) is 61.8. The summed E-state index contributed by atoms with van der Waals surface area (Å²) in [6, 6.07) is 24.7. The van der Waals surface area contributed by atoms with Crippen molar-refractivity contribution < 1.29 is 39.5 Å². The van der Waals surface area contributed by atoms with E-state index in [4.69, 9.17) is 0 Å². The molecule has 0 saturated heterocycles. The molecule has 0 atom stereocenters. The lowest BCUT2D eigenvalue weighted by molar-refractivity contribution is -0.211. The molecule has 9 aromatic heterocycles. The average Bonchev–Trinajstić information content (AvgIpc) is 1.10. The summed E-state index contributed by atoms with van der Waals surface area (Å²) < 4.78 is 113. The van der Waals surface area contributed by atoms with Crippen molar-refractivity contribution >= 4 is 102 Å². The van der Waals surface area contributed by atoms with Crippen LogP contribution in [0.25, 0.3) is 0 Å². The molecule has 9 heterocycles. The van der Waals surface area contributed by atoms with E-state index in [1.54, 1.807) is 41.7 Å². The third-order valence-corrected chi connectivity index (χ3v) is 21.8. The van der Waals surface area contributed by atoms with Gasteiger partial charge >= 0.3 is 18.5 Å². The predicted molar refractivity (Wildman–Crippen MR) is 409 cm³/mol. The minimum absolute atomic E-state index is 0.00199. The van der Waals surface area contributed by atoms with Gasteiger partial charge in [-0.05, 0) is 211 Å². The number of alkyl halides is 9. The minimum atomic E-state index is -4.16. The third-order valence-electron chi connectivity index (χ3n) is 13.3. The Labute approximate surface area is 607 Å². The van der Waals surface area contributed by atoms with E-state index in [2.05, 4.69) is 181 Å². The minimum Gasteiger partial charge on any atom is -0.250 e. The Morgan fingerprint density at radius 3 is 0.583 bits per heavy atom. The van der Waals surface area contributed by atoms with Gasteiger partial charge in [0.25, 0.3) is 0 Å². The van der Waals surface area contributed by atoms with E-state index in [-0.39, 0.29) is 19.3 Å². The van der Waals surface area contributed by atoms with E-state index >= 15 is 0 Å². The predicted octanol–water partition coefficient (Wildman–Crippen LogP) is 28.8. The van der Waals surface area contributed by atoms with Crippen LogP contribution in [0, 0.1) is 116 Å². The molecule has 0 aromatic carbocycles. The van der Waals surface area contributed by atoms with Crippen molar-refractivity contribution in [2.75, 3.05) is 0 Å². The molecule has 21 heteroatoms. The van der Waals surface area contributed by atoms with Crippen LogP contribution in [0.1, 0.15) is 192 Å². The number of rotatable bonds is 9. The van der Waals surface area contributed by atoms with Crippen LogP contribution in [-0.2, 0) is 38.5 Å². The van der Waals surface area contributed by atoms with Crippen molar-refractivity contribution in [1.29, 1.82) is 0 Å². The molecule has 0 spiro atoms. The summed E-state index contributed by atoms with van der Waals surface area (Å²) in [5.74, 6) is 0. The zero-order chi connectivity index (χ0) is 74.2. The van der Waals surface area contributed by atoms with E-state index in [1.807, 2.05) is 90.6 Å². The molecule has 3 nitrogen and oxygen atoms in total. The number of aryl methyl sites for hydroxylation is 12. The molecule has 0 aliphatic heterocycles. The Morgan fingerprint density at radius 1 is 0.229 bits per heavy atom. The second-order valence-electron chi connectivity index (χ2n) is 29.4. The number of thiazole rings is 3. The van der Waals surface area contributed by atoms with Gasteiger partial charge in [0.2, 0.25) is 0 Å². The van der Waals surface area contributed by atoms with Crippen molar-refractivity contribution in [2.24, 2.45) is 32.5 Å². The van der Waals surface area contributed by atoms with Crippen LogP contribution in [0.2, 0.25) is 0 Å². The number of hydrogen-bond acceptors (Lipinski definition) is 12. The lowest BCUT2D eigenvalue weighted by Gasteiger charge is -2.26. The largest absolute Gasteiger partial charge is 0.394 e. The van der Waals surface area contributed by atoms with E-state index in [9.17, 15) is 39.5 Å². The van der Waals surface area contributed by atoms with Crippen LogP contribution in [0.15, 0.2) is 91.4 Å². The van der Waals surface area contributed by atoms with Crippen molar-refractivity contribution in [1.82, 2.24) is 15.0 Å². The first-order valence-corrected chi connectivity index (χ1v) is 39.0. The van der Waals surface area contributed by atoms with Crippen molar-refractivity contribution in [3.63, 3.8) is 0 Å².